The molecular formula is C16H21N9. The van der Waals surface area contributed by atoms with Gasteiger partial charge in [0.05, 0.1) is 5.69 Å². The number of aromatic nitrogens is 4. The van der Waals surface area contributed by atoms with E-state index in [0.717, 1.165) is 42.9 Å². The van der Waals surface area contributed by atoms with Crippen molar-refractivity contribution in [3.05, 3.63) is 30.1 Å². The van der Waals surface area contributed by atoms with Crippen LogP contribution < -0.4 is 16.4 Å². The Morgan fingerprint density at radius 2 is 1.68 bits per heavy atom. The predicted molar refractivity (Wildman–Crippen MR) is 95.4 cm³/mol. The molecule has 0 unspecified atom stereocenters. The number of nitrogens with zero attached hydrogens (tertiary/aromatic N) is 7. The van der Waals surface area contributed by atoms with Gasteiger partial charge in [0.2, 0.25) is 11.9 Å². The standard InChI is InChI=1S/C16H21N9/c1-11-21-22-23-25(11)13-7-5-12(6-8-13)24-15(18)19-14(17)20-16(24)9-3-2-4-10-16/h5-8H,2-4,9-10H2,1H3,(H4,17,18,19,20). The summed E-state index contributed by atoms with van der Waals surface area (Å²) < 4.78 is 1.68. The molecule has 1 saturated carbocycles. The molecule has 4 N–H and O–H groups in total. The highest BCUT2D eigenvalue weighted by atomic mass is 15.5. The van der Waals surface area contributed by atoms with Crippen LogP contribution >= 0.6 is 0 Å². The topological polar surface area (TPSA) is 124 Å². The lowest BCUT2D eigenvalue weighted by molar-refractivity contribution is 0.305. The van der Waals surface area contributed by atoms with Crippen molar-refractivity contribution in [2.75, 3.05) is 4.90 Å². The lowest BCUT2D eigenvalue weighted by Crippen LogP contribution is -2.58. The third-order valence-corrected chi connectivity index (χ3v) is 4.83. The summed E-state index contributed by atoms with van der Waals surface area (Å²) >= 11 is 0. The Morgan fingerprint density at radius 3 is 2.32 bits per heavy atom. The number of tetrazole rings is 1. The molecule has 1 aromatic heterocycles. The maximum Gasteiger partial charge on any atom is 0.220 e. The smallest absolute Gasteiger partial charge is 0.220 e. The molecule has 0 bridgehead atoms. The molecule has 4 rings (SSSR count). The van der Waals surface area contributed by atoms with Gasteiger partial charge in [-0.1, -0.05) is 6.42 Å². The molecule has 9 nitrogen and oxygen atoms in total. The van der Waals surface area contributed by atoms with E-state index in [9.17, 15) is 0 Å². The van der Waals surface area contributed by atoms with Gasteiger partial charge in [-0.25, -0.2) is 4.99 Å². The van der Waals surface area contributed by atoms with E-state index >= 15 is 0 Å². The van der Waals surface area contributed by atoms with E-state index in [-0.39, 0.29) is 5.96 Å². The minimum absolute atomic E-state index is 0.261. The molecule has 1 aliphatic carbocycles. The molecule has 0 radical (unpaired) electrons. The Morgan fingerprint density at radius 1 is 1.00 bits per heavy atom. The minimum Gasteiger partial charge on any atom is -0.369 e. The molecule has 2 aromatic rings. The van der Waals surface area contributed by atoms with Gasteiger partial charge >= 0.3 is 0 Å². The SMILES string of the molecule is Cc1nnnn1-c1ccc(N2C(N)=NC(N)=NC23CCCCC3)cc1. The summed E-state index contributed by atoms with van der Waals surface area (Å²) in [4.78, 5) is 10.9. The van der Waals surface area contributed by atoms with E-state index in [0.29, 0.717) is 5.96 Å². The summed E-state index contributed by atoms with van der Waals surface area (Å²) in [6, 6.07) is 7.91. The second kappa shape index (κ2) is 5.83. The van der Waals surface area contributed by atoms with Crippen molar-refractivity contribution in [3.63, 3.8) is 0 Å². The summed E-state index contributed by atoms with van der Waals surface area (Å²) in [6.45, 7) is 1.86. The van der Waals surface area contributed by atoms with Crippen molar-refractivity contribution in [1.29, 1.82) is 0 Å². The molecule has 0 atom stereocenters. The Bertz CT molecular complexity index is 828. The van der Waals surface area contributed by atoms with Crippen LogP contribution in [0.25, 0.3) is 5.69 Å². The Labute approximate surface area is 145 Å². The Hall–Kier alpha value is -2.97. The van der Waals surface area contributed by atoms with Crippen LogP contribution in [0, 0.1) is 6.92 Å². The van der Waals surface area contributed by atoms with Gasteiger partial charge in [0, 0.05) is 5.69 Å². The highest BCUT2D eigenvalue weighted by Crippen LogP contribution is 2.39. The van der Waals surface area contributed by atoms with Crippen LogP contribution in [-0.4, -0.2) is 37.8 Å². The average Bonchev–Trinajstić information content (AvgIpc) is 3.01. The largest absolute Gasteiger partial charge is 0.369 e. The Kier molecular flexibility index (Phi) is 3.63. The predicted octanol–water partition coefficient (Wildman–Crippen LogP) is 1.08. The second-order valence-electron chi connectivity index (χ2n) is 6.47. The maximum absolute atomic E-state index is 6.24. The van der Waals surface area contributed by atoms with E-state index in [4.69, 9.17) is 11.5 Å². The number of anilines is 1. The molecule has 0 amide bonds. The summed E-state index contributed by atoms with van der Waals surface area (Å²) in [5.41, 5.74) is 13.5. The third kappa shape index (κ3) is 2.61. The highest BCUT2D eigenvalue weighted by molar-refractivity contribution is 6.05. The van der Waals surface area contributed by atoms with Crippen molar-refractivity contribution in [2.45, 2.75) is 44.7 Å². The molecule has 1 aliphatic heterocycles. The highest BCUT2D eigenvalue weighted by Gasteiger charge is 2.42. The normalized spacial score (nSPS) is 19.6. The second-order valence-corrected chi connectivity index (χ2v) is 6.47. The number of hydrogen-bond acceptors (Lipinski definition) is 8. The van der Waals surface area contributed by atoms with Crippen molar-refractivity contribution in [1.82, 2.24) is 20.2 Å². The van der Waals surface area contributed by atoms with Crippen LogP contribution in [0.1, 0.15) is 37.9 Å². The lowest BCUT2D eigenvalue weighted by atomic mass is 9.87. The summed E-state index contributed by atoms with van der Waals surface area (Å²) in [6.07, 6.45) is 5.24. The fourth-order valence-electron chi connectivity index (χ4n) is 3.71. The first-order chi connectivity index (χ1) is 12.1. The molecular weight excluding hydrogens is 318 g/mol. The van der Waals surface area contributed by atoms with Crippen LogP contribution in [-0.2, 0) is 0 Å². The van der Waals surface area contributed by atoms with Crippen LogP contribution in [0.2, 0.25) is 0 Å². The quantitative estimate of drug-likeness (QED) is 0.844. The number of aryl methyl sites for hydroxylation is 1. The number of hydrogen-bond donors (Lipinski definition) is 2. The van der Waals surface area contributed by atoms with Crippen LogP contribution in [0.4, 0.5) is 5.69 Å². The van der Waals surface area contributed by atoms with Gasteiger partial charge < -0.3 is 11.5 Å². The zero-order valence-corrected chi connectivity index (χ0v) is 14.1. The summed E-state index contributed by atoms with van der Waals surface area (Å²) in [5.74, 6) is 1.38. The maximum atomic E-state index is 6.24. The molecule has 1 aromatic carbocycles. The van der Waals surface area contributed by atoms with Crippen LogP contribution in [0.5, 0.6) is 0 Å². The summed E-state index contributed by atoms with van der Waals surface area (Å²) in [5, 5.41) is 11.6. The Balaban J connectivity index is 1.72. The van der Waals surface area contributed by atoms with Crippen molar-refractivity contribution in [2.24, 2.45) is 21.5 Å². The van der Waals surface area contributed by atoms with E-state index in [1.807, 2.05) is 36.1 Å². The summed E-state index contributed by atoms with van der Waals surface area (Å²) in [7, 11) is 0. The van der Waals surface area contributed by atoms with E-state index in [2.05, 4.69) is 25.5 Å². The molecule has 2 aliphatic rings. The third-order valence-electron chi connectivity index (χ3n) is 4.83. The lowest BCUT2D eigenvalue weighted by Gasteiger charge is -2.45. The van der Waals surface area contributed by atoms with Gasteiger partial charge in [0.25, 0.3) is 0 Å². The van der Waals surface area contributed by atoms with Crippen LogP contribution in [0.3, 0.4) is 0 Å². The molecule has 1 spiro atoms. The first-order valence-electron chi connectivity index (χ1n) is 8.44. The van der Waals surface area contributed by atoms with Crippen molar-refractivity contribution in [3.8, 4) is 5.69 Å². The average molecular weight is 339 g/mol. The first-order valence-corrected chi connectivity index (χ1v) is 8.44. The molecule has 0 saturated heterocycles. The first kappa shape index (κ1) is 15.6. The number of rotatable bonds is 2. The van der Waals surface area contributed by atoms with Gasteiger partial charge in [-0.2, -0.15) is 9.67 Å². The van der Waals surface area contributed by atoms with E-state index in [1.165, 1.54) is 6.42 Å². The fourth-order valence-corrected chi connectivity index (χ4v) is 3.71. The van der Waals surface area contributed by atoms with Gasteiger partial charge in [0.1, 0.15) is 5.66 Å². The monoisotopic (exact) mass is 339 g/mol. The fraction of sp³-hybridized carbons (Fsp3) is 0.438. The van der Waals surface area contributed by atoms with Gasteiger partial charge in [-0.05, 0) is 67.3 Å². The van der Waals surface area contributed by atoms with Crippen molar-refractivity contribution >= 4 is 17.6 Å². The molecule has 130 valence electrons. The van der Waals surface area contributed by atoms with Crippen LogP contribution in [0.15, 0.2) is 34.3 Å². The zero-order chi connectivity index (χ0) is 17.4. The van der Waals surface area contributed by atoms with Gasteiger partial charge in [0.15, 0.2) is 5.82 Å². The van der Waals surface area contributed by atoms with E-state index < -0.39 is 5.66 Å². The molecule has 1 fully saturated rings. The van der Waals surface area contributed by atoms with Gasteiger partial charge in [-0.3, -0.25) is 4.90 Å². The molecule has 25 heavy (non-hydrogen) atoms. The zero-order valence-electron chi connectivity index (χ0n) is 14.1. The number of benzene rings is 1. The minimum atomic E-state index is -0.430. The molecule has 2 heterocycles. The van der Waals surface area contributed by atoms with E-state index in [1.54, 1.807) is 4.68 Å². The number of aliphatic imine (C=N–C) groups is 2. The number of nitrogens with two attached hydrogens (primary N) is 2. The van der Waals surface area contributed by atoms with Crippen molar-refractivity contribution < 1.29 is 0 Å². The van der Waals surface area contributed by atoms with Gasteiger partial charge in [-0.15, -0.1) is 5.10 Å². The molecule has 9 heteroatoms. The number of guanidine groups is 2.